The Labute approximate surface area is 198 Å². The topological polar surface area (TPSA) is 89.9 Å². The highest BCUT2D eigenvalue weighted by molar-refractivity contribution is 7.80. The molecule has 3 N–H and O–H groups in total. The lowest BCUT2D eigenvalue weighted by Crippen LogP contribution is -2.58. The summed E-state index contributed by atoms with van der Waals surface area (Å²) in [5.41, 5.74) is 2.28. The molecule has 9 heteroatoms. The number of thiocarbonyl (C=S) groups is 1. The summed E-state index contributed by atoms with van der Waals surface area (Å²) in [5.74, 6) is 1.03. The zero-order valence-corrected chi connectivity index (χ0v) is 19.3. The molecule has 5 rings (SSSR count). The number of carbonyl (C=O) groups is 2. The van der Waals surface area contributed by atoms with Crippen molar-refractivity contribution in [2.75, 3.05) is 24.5 Å². The summed E-state index contributed by atoms with van der Waals surface area (Å²) in [6.45, 7) is 2.57. The third-order valence-corrected chi connectivity index (χ3v) is 7.10. The first-order valence-corrected chi connectivity index (χ1v) is 12.0. The van der Waals surface area contributed by atoms with Gasteiger partial charge >= 0.3 is 0 Å². The number of fused-ring (bicyclic) bond motifs is 2. The average Bonchev–Trinajstić information content (AvgIpc) is 3.57. The largest absolute Gasteiger partial charge is 0.467 e. The predicted octanol–water partition coefficient (Wildman–Crippen LogP) is 1.55. The van der Waals surface area contributed by atoms with Crippen LogP contribution >= 0.6 is 12.2 Å². The summed E-state index contributed by atoms with van der Waals surface area (Å²) in [6, 6.07) is 11.9. The lowest BCUT2D eigenvalue weighted by Gasteiger charge is -2.37. The fraction of sp³-hybridized carbons (Fsp3) is 0.458. The van der Waals surface area contributed by atoms with Crippen molar-refractivity contribution in [3.63, 3.8) is 0 Å². The van der Waals surface area contributed by atoms with Crippen LogP contribution in [0.3, 0.4) is 0 Å². The molecule has 33 heavy (non-hydrogen) atoms. The van der Waals surface area contributed by atoms with Gasteiger partial charge in [0, 0.05) is 43.8 Å². The van der Waals surface area contributed by atoms with Crippen molar-refractivity contribution in [2.45, 2.75) is 50.4 Å². The molecule has 0 aliphatic carbocycles. The number of hydrogen-bond donors (Lipinski definition) is 3. The zero-order chi connectivity index (χ0) is 22.8. The van der Waals surface area contributed by atoms with Gasteiger partial charge in [0.15, 0.2) is 5.11 Å². The van der Waals surface area contributed by atoms with Gasteiger partial charge in [0.25, 0.3) is 0 Å². The number of carbonyl (C=O) groups excluding carboxylic acids is 2. The highest BCUT2D eigenvalue weighted by Gasteiger charge is 2.43. The quantitative estimate of drug-likeness (QED) is 0.556. The second kappa shape index (κ2) is 9.52. The van der Waals surface area contributed by atoms with Crippen molar-refractivity contribution in [1.82, 2.24) is 20.9 Å². The van der Waals surface area contributed by atoms with Gasteiger partial charge in [-0.15, -0.1) is 0 Å². The van der Waals surface area contributed by atoms with E-state index in [0.717, 1.165) is 37.4 Å². The van der Waals surface area contributed by atoms with Crippen molar-refractivity contribution in [2.24, 2.45) is 0 Å². The number of anilines is 1. The van der Waals surface area contributed by atoms with Gasteiger partial charge in [-0.1, -0.05) is 18.2 Å². The molecular weight excluding hydrogens is 438 g/mol. The first-order valence-electron chi connectivity index (χ1n) is 11.6. The number of nitrogens with one attached hydrogen (secondary N) is 3. The number of rotatable bonds is 6. The highest BCUT2D eigenvalue weighted by atomic mass is 32.1. The molecule has 2 saturated heterocycles. The van der Waals surface area contributed by atoms with Crippen molar-refractivity contribution in [1.29, 1.82) is 0 Å². The molecule has 8 nitrogen and oxygen atoms in total. The Morgan fingerprint density at radius 1 is 1.24 bits per heavy atom. The minimum absolute atomic E-state index is 0.0600. The van der Waals surface area contributed by atoms with Crippen molar-refractivity contribution in [3.8, 4) is 0 Å². The van der Waals surface area contributed by atoms with E-state index in [1.807, 2.05) is 35.2 Å². The number of furan rings is 1. The Morgan fingerprint density at radius 3 is 2.97 bits per heavy atom. The lowest BCUT2D eigenvalue weighted by molar-refractivity contribution is -0.129. The van der Waals surface area contributed by atoms with Crippen LogP contribution in [0.15, 0.2) is 47.1 Å². The van der Waals surface area contributed by atoms with Gasteiger partial charge in [-0.3, -0.25) is 14.5 Å². The van der Waals surface area contributed by atoms with E-state index in [-0.39, 0.29) is 29.9 Å². The maximum absolute atomic E-state index is 13.0. The smallest absolute Gasteiger partial charge is 0.237 e. The number of amides is 2. The summed E-state index contributed by atoms with van der Waals surface area (Å²) in [7, 11) is 0. The van der Waals surface area contributed by atoms with Crippen LogP contribution in [0.5, 0.6) is 0 Å². The molecule has 0 bridgehead atoms. The van der Waals surface area contributed by atoms with Gasteiger partial charge < -0.3 is 25.3 Å². The van der Waals surface area contributed by atoms with Crippen LogP contribution < -0.4 is 20.9 Å². The molecule has 3 aliphatic heterocycles. The number of nitrogens with zero attached hydrogens (tertiary/aromatic N) is 2. The van der Waals surface area contributed by atoms with E-state index >= 15 is 0 Å². The van der Waals surface area contributed by atoms with E-state index in [1.54, 1.807) is 6.26 Å². The van der Waals surface area contributed by atoms with E-state index in [1.165, 1.54) is 5.56 Å². The standard InChI is InChI=1S/C24H29N5O3S/c30-22(28-10-9-16-4-1-2-6-20(16)28)8-7-18-13-25-23(31)21-12-17(15-29(18)21)27-24(33)26-14-19-5-3-11-32-19/h1-6,11,17-18,21H,7-10,12-15H2,(H,25,31)(H2,26,27,33). The second-order valence-electron chi connectivity index (χ2n) is 8.91. The SMILES string of the molecule is O=C1NCC(CCC(=O)N2CCc3ccccc32)N2CC(NC(=S)NCc3ccco3)CC12. The molecule has 2 aromatic rings. The van der Waals surface area contributed by atoms with Crippen LogP contribution in [0.4, 0.5) is 5.69 Å². The fourth-order valence-electron chi connectivity index (χ4n) is 5.19. The molecule has 2 amide bonds. The van der Waals surface area contributed by atoms with E-state index in [2.05, 4.69) is 26.9 Å². The number of hydrogen-bond acceptors (Lipinski definition) is 5. The van der Waals surface area contributed by atoms with E-state index < -0.39 is 0 Å². The number of benzene rings is 1. The van der Waals surface area contributed by atoms with Crippen LogP contribution in [0.2, 0.25) is 0 Å². The molecule has 3 atom stereocenters. The first kappa shape index (κ1) is 21.9. The van der Waals surface area contributed by atoms with E-state index in [9.17, 15) is 9.59 Å². The lowest BCUT2D eigenvalue weighted by atomic mass is 10.0. The summed E-state index contributed by atoms with van der Waals surface area (Å²) < 4.78 is 5.32. The summed E-state index contributed by atoms with van der Waals surface area (Å²) in [6.07, 6.45) is 4.44. The van der Waals surface area contributed by atoms with Gasteiger partial charge in [0.2, 0.25) is 11.8 Å². The summed E-state index contributed by atoms with van der Waals surface area (Å²) >= 11 is 5.43. The highest BCUT2D eigenvalue weighted by Crippen LogP contribution is 2.30. The third-order valence-electron chi connectivity index (χ3n) is 6.84. The maximum Gasteiger partial charge on any atom is 0.237 e. The van der Waals surface area contributed by atoms with Crippen molar-refractivity contribution < 1.29 is 14.0 Å². The number of para-hydroxylation sites is 1. The third kappa shape index (κ3) is 4.74. The monoisotopic (exact) mass is 467 g/mol. The van der Waals surface area contributed by atoms with Gasteiger partial charge in [0.1, 0.15) is 5.76 Å². The Hall–Kier alpha value is -2.91. The Morgan fingerprint density at radius 2 is 2.12 bits per heavy atom. The van der Waals surface area contributed by atoms with Crippen LogP contribution in [0, 0.1) is 0 Å². The normalized spacial score (nSPS) is 24.2. The first-order chi connectivity index (χ1) is 16.1. The predicted molar refractivity (Wildman–Crippen MR) is 129 cm³/mol. The van der Waals surface area contributed by atoms with Gasteiger partial charge in [0.05, 0.1) is 18.8 Å². The molecule has 4 heterocycles. The van der Waals surface area contributed by atoms with E-state index in [4.69, 9.17) is 16.6 Å². The molecule has 0 radical (unpaired) electrons. The van der Waals surface area contributed by atoms with Crippen molar-refractivity contribution in [3.05, 3.63) is 54.0 Å². The molecule has 174 valence electrons. The molecule has 3 unspecified atom stereocenters. The van der Waals surface area contributed by atoms with Gasteiger partial charge in [-0.2, -0.15) is 0 Å². The second-order valence-corrected chi connectivity index (χ2v) is 9.32. The zero-order valence-electron chi connectivity index (χ0n) is 18.5. The van der Waals surface area contributed by atoms with Crippen molar-refractivity contribution >= 4 is 34.8 Å². The minimum Gasteiger partial charge on any atom is -0.467 e. The van der Waals surface area contributed by atoms with Gasteiger partial charge in [-0.05, 0) is 55.2 Å². The maximum atomic E-state index is 13.0. The van der Waals surface area contributed by atoms with Crippen LogP contribution in [-0.2, 0) is 22.6 Å². The van der Waals surface area contributed by atoms with Crippen LogP contribution in [0.25, 0.3) is 0 Å². The molecule has 3 aliphatic rings. The van der Waals surface area contributed by atoms with E-state index in [0.29, 0.717) is 31.0 Å². The number of piperazine rings is 1. The Balaban J connectivity index is 1.14. The van der Waals surface area contributed by atoms with Crippen LogP contribution in [0.1, 0.15) is 30.6 Å². The molecule has 1 aromatic heterocycles. The molecular formula is C24H29N5O3S. The molecule has 1 aromatic carbocycles. The summed E-state index contributed by atoms with van der Waals surface area (Å²) in [5, 5.41) is 10.1. The molecule has 0 spiro atoms. The van der Waals surface area contributed by atoms with Crippen LogP contribution in [-0.4, -0.2) is 59.6 Å². The average molecular weight is 468 g/mol. The fourth-order valence-corrected chi connectivity index (χ4v) is 5.43. The van der Waals surface area contributed by atoms with Gasteiger partial charge in [-0.25, -0.2) is 0 Å². The Bertz CT molecular complexity index is 1030. The molecule has 2 fully saturated rings. The molecule has 0 saturated carbocycles. The Kier molecular flexibility index (Phi) is 6.32. The summed E-state index contributed by atoms with van der Waals surface area (Å²) in [4.78, 5) is 29.6. The minimum atomic E-state index is -0.184.